The Labute approximate surface area is 223 Å². The van der Waals surface area contributed by atoms with Crippen molar-refractivity contribution >= 4 is 12.0 Å². The topological polar surface area (TPSA) is 223 Å². The van der Waals surface area contributed by atoms with Gasteiger partial charge in [-0.2, -0.15) is 0 Å². The van der Waals surface area contributed by atoms with Gasteiger partial charge in [0.1, 0.15) is 55.9 Å². The van der Waals surface area contributed by atoms with Crippen LogP contribution in [0.4, 0.5) is 0 Å². The van der Waals surface area contributed by atoms with Crippen LogP contribution in [0, 0.1) is 0 Å². The molecule has 9 unspecified atom stereocenters. The second-order valence-electron chi connectivity index (χ2n) is 8.80. The summed E-state index contributed by atoms with van der Waals surface area (Å²) in [5.41, 5.74) is 0.509. The standard InChI is InChI=1S/C24H34O15/c1-33-12-6-11(7-13(34-2)21(12)35-3)4-5-16(27)36-9-15-17(28)19(30)20(31)23(37-15)39-24(10-26)22(32)18(29)14(8-25)38-24/h4-7,14-15,17-20,22-23,25-26,28-32H,8-10H2,1-3H3. The third kappa shape index (κ3) is 6.44. The summed E-state index contributed by atoms with van der Waals surface area (Å²) in [5.74, 6) is -2.10. The quantitative estimate of drug-likeness (QED) is 0.105. The lowest BCUT2D eigenvalue weighted by molar-refractivity contribution is -0.383. The molecule has 7 N–H and O–H groups in total. The van der Waals surface area contributed by atoms with Crippen LogP contribution in [-0.2, 0) is 23.7 Å². The van der Waals surface area contributed by atoms with Crippen molar-refractivity contribution in [2.45, 2.75) is 54.8 Å². The van der Waals surface area contributed by atoms with Gasteiger partial charge in [-0.3, -0.25) is 0 Å². The van der Waals surface area contributed by atoms with E-state index in [1.165, 1.54) is 27.4 Å². The summed E-state index contributed by atoms with van der Waals surface area (Å²) in [4.78, 5) is 12.3. The van der Waals surface area contributed by atoms with Crippen molar-refractivity contribution in [1.29, 1.82) is 0 Å². The lowest BCUT2D eigenvalue weighted by atomic mass is 9.99. The van der Waals surface area contributed by atoms with Crippen LogP contribution in [-0.4, -0.2) is 138 Å². The highest BCUT2D eigenvalue weighted by molar-refractivity contribution is 5.87. The van der Waals surface area contributed by atoms with Gasteiger partial charge in [-0.15, -0.1) is 0 Å². The highest BCUT2D eigenvalue weighted by atomic mass is 16.8. The van der Waals surface area contributed by atoms with E-state index in [1.807, 2.05) is 0 Å². The number of benzene rings is 1. The lowest BCUT2D eigenvalue weighted by Crippen LogP contribution is -2.62. The van der Waals surface area contributed by atoms with Crippen molar-refractivity contribution in [3.63, 3.8) is 0 Å². The van der Waals surface area contributed by atoms with E-state index in [9.17, 15) is 40.5 Å². The molecule has 15 nitrogen and oxygen atoms in total. The number of carbonyl (C=O) groups excluding carboxylic acids is 1. The van der Waals surface area contributed by atoms with E-state index in [2.05, 4.69) is 0 Å². The number of hydrogen-bond acceptors (Lipinski definition) is 15. The Morgan fingerprint density at radius 2 is 1.56 bits per heavy atom. The summed E-state index contributed by atoms with van der Waals surface area (Å²) < 4.78 is 37.0. The molecule has 0 aliphatic carbocycles. The number of carbonyl (C=O) groups is 1. The summed E-state index contributed by atoms with van der Waals surface area (Å²) in [6.07, 6.45) is -11.0. The van der Waals surface area contributed by atoms with Gasteiger partial charge in [0, 0.05) is 6.08 Å². The van der Waals surface area contributed by atoms with Gasteiger partial charge in [-0.25, -0.2) is 4.79 Å². The predicted molar refractivity (Wildman–Crippen MR) is 128 cm³/mol. The van der Waals surface area contributed by atoms with E-state index >= 15 is 0 Å². The number of aliphatic hydroxyl groups is 7. The molecule has 3 rings (SSSR count). The fourth-order valence-corrected chi connectivity index (χ4v) is 4.19. The van der Waals surface area contributed by atoms with E-state index in [0.29, 0.717) is 22.8 Å². The van der Waals surface area contributed by atoms with Gasteiger partial charge in [0.15, 0.2) is 17.8 Å². The van der Waals surface area contributed by atoms with E-state index in [-0.39, 0.29) is 0 Å². The second kappa shape index (κ2) is 13.2. The van der Waals surface area contributed by atoms with Crippen molar-refractivity contribution in [2.75, 3.05) is 41.2 Å². The van der Waals surface area contributed by atoms with Gasteiger partial charge in [0.2, 0.25) is 11.5 Å². The Kier molecular flexibility index (Phi) is 10.5. The Hall–Kier alpha value is -2.57. The number of rotatable bonds is 11. The first kappa shape index (κ1) is 31.0. The monoisotopic (exact) mass is 562 g/mol. The molecule has 1 aromatic carbocycles. The summed E-state index contributed by atoms with van der Waals surface area (Å²) in [7, 11) is 4.32. The van der Waals surface area contributed by atoms with Crippen molar-refractivity contribution in [3.8, 4) is 17.2 Å². The average Bonchev–Trinajstić information content (AvgIpc) is 3.19. The van der Waals surface area contributed by atoms with E-state index < -0.39 is 80.6 Å². The minimum absolute atomic E-state index is 0.358. The third-order valence-electron chi connectivity index (χ3n) is 6.38. The van der Waals surface area contributed by atoms with Gasteiger partial charge in [-0.1, -0.05) is 0 Å². The summed E-state index contributed by atoms with van der Waals surface area (Å²) in [5, 5.41) is 70.4. The highest BCUT2D eigenvalue weighted by Crippen LogP contribution is 2.39. The first-order chi connectivity index (χ1) is 18.5. The average molecular weight is 563 g/mol. The minimum Gasteiger partial charge on any atom is -0.493 e. The van der Waals surface area contributed by atoms with E-state index in [0.717, 1.165) is 6.08 Å². The first-order valence-corrected chi connectivity index (χ1v) is 11.8. The highest BCUT2D eigenvalue weighted by Gasteiger charge is 2.58. The summed E-state index contributed by atoms with van der Waals surface area (Å²) in [6, 6.07) is 3.18. The van der Waals surface area contributed by atoms with Crippen LogP contribution < -0.4 is 14.2 Å². The van der Waals surface area contributed by atoms with Crippen LogP contribution >= 0.6 is 0 Å². The molecule has 15 heteroatoms. The molecule has 1 aromatic rings. The van der Waals surface area contributed by atoms with Gasteiger partial charge in [0.25, 0.3) is 0 Å². The molecule has 0 bridgehead atoms. The molecule has 2 aliphatic heterocycles. The second-order valence-corrected chi connectivity index (χ2v) is 8.80. The minimum atomic E-state index is -2.33. The fraction of sp³-hybridized carbons (Fsp3) is 0.625. The molecule has 39 heavy (non-hydrogen) atoms. The Morgan fingerprint density at radius 3 is 2.08 bits per heavy atom. The van der Waals surface area contributed by atoms with Gasteiger partial charge >= 0.3 is 5.97 Å². The lowest BCUT2D eigenvalue weighted by Gasteiger charge is -2.43. The number of hydrogen-bond donors (Lipinski definition) is 7. The Morgan fingerprint density at radius 1 is 0.923 bits per heavy atom. The molecule has 0 aromatic heterocycles. The molecule has 2 aliphatic rings. The van der Waals surface area contributed by atoms with Gasteiger partial charge in [-0.05, 0) is 23.8 Å². The zero-order valence-electron chi connectivity index (χ0n) is 21.4. The number of esters is 1. The van der Waals surface area contributed by atoms with Gasteiger partial charge < -0.3 is 68.9 Å². The number of ether oxygens (including phenoxy) is 7. The molecule has 2 heterocycles. The summed E-state index contributed by atoms with van der Waals surface area (Å²) in [6.45, 7) is -2.35. The molecule has 0 saturated carbocycles. The number of aliphatic hydroxyl groups excluding tert-OH is 7. The van der Waals surface area contributed by atoms with Crippen molar-refractivity contribution < 1.29 is 73.7 Å². The Balaban J connectivity index is 1.67. The van der Waals surface area contributed by atoms with Crippen molar-refractivity contribution in [1.82, 2.24) is 0 Å². The zero-order valence-corrected chi connectivity index (χ0v) is 21.4. The van der Waals surface area contributed by atoms with Crippen LogP contribution in [0.5, 0.6) is 17.2 Å². The fourth-order valence-electron chi connectivity index (χ4n) is 4.19. The normalized spacial score (nSPS) is 34.7. The van der Waals surface area contributed by atoms with Crippen LogP contribution in [0.2, 0.25) is 0 Å². The predicted octanol–water partition coefficient (Wildman–Crippen LogP) is -3.11. The SMILES string of the molecule is COc1cc(C=CC(=O)OCC2OC(OC3(CO)OC(CO)C(O)C3O)C(O)C(O)C2O)cc(OC)c1OC. The molecule has 0 radical (unpaired) electrons. The molecule has 9 atom stereocenters. The molecular formula is C24H34O15. The molecule has 0 amide bonds. The van der Waals surface area contributed by atoms with Crippen molar-refractivity contribution in [2.24, 2.45) is 0 Å². The Bertz CT molecular complexity index is 977. The molecule has 220 valence electrons. The molecule has 2 fully saturated rings. The number of methoxy groups -OCH3 is 3. The molecular weight excluding hydrogens is 528 g/mol. The smallest absolute Gasteiger partial charge is 0.330 e. The van der Waals surface area contributed by atoms with Crippen LogP contribution in [0.1, 0.15) is 5.56 Å². The maximum atomic E-state index is 12.3. The van der Waals surface area contributed by atoms with Crippen LogP contribution in [0.15, 0.2) is 18.2 Å². The summed E-state index contributed by atoms with van der Waals surface area (Å²) >= 11 is 0. The molecule has 0 spiro atoms. The maximum absolute atomic E-state index is 12.3. The largest absolute Gasteiger partial charge is 0.493 e. The first-order valence-electron chi connectivity index (χ1n) is 11.8. The maximum Gasteiger partial charge on any atom is 0.330 e. The van der Waals surface area contributed by atoms with Crippen LogP contribution in [0.3, 0.4) is 0 Å². The third-order valence-corrected chi connectivity index (χ3v) is 6.38. The van der Waals surface area contributed by atoms with E-state index in [4.69, 9.17) is 33.2 Å². The zero-order chi connectivity index (χ0) is 28.9. The van der Waals surface area contributed by atoms with Crippen LogP contribution in [0.25, 0.3) is 6.08 Å². The van der Waals surface area contributed by atoms with Gasteiger partial charge in [0.05, 0.1) is 27.9 Å². The van der Waals surface area contributed by atoms with Crippen molar-refractivity contribution in [3.05, 3.63) is 23.8 Å². The van der Waals surface area contributed by atoms with E-state index in [1.54, 1.807) is 12.1 Å². The molecule has 2 saturated heterocycles.